The molecule has 154 valence electrons. The Hall–Kier alpha value is -3.32. The molecule has 0 bridgehead atoms. The minimum atomic E-state index is 0.140. The number of nitrogens with zero attached hydrogens (tertiary/aromatic N) is 2. The lowest BCUT2D eigenvalue weighted by molar-refractivity contribution is 0.288. The highest BCUT2D eigenvalue weighted by atomic mass is 32.1. The van der Waals surface area contributed by atoms with Gasteiger partial charge in [0.05, 0.1) is 31.0 Å². The van der Waals surface area contributed by atoms with Gasteiger partial charge in [0.1, 0.15) is 16.6 Å². The lowest BCUT2D eigenvalue weighted by atomic mass is 10.2. The van der Waals surface area contributed by atoms with Crippen LogP contribution in [0.4, 0.5) is 5.69 Å². The lowest BCUT2D eigenvalue weighted by Gasteiger charge is -2.20. The minimum Gasteiger partial charge on any atom is -0.510 e. The predicted molar refractivity (Wildman–Crippen MR) is 121 cm³/mol. The average molecular weight is 422 g/mol. The number of aromatic nitrogens is 1. The summed E-state index contributed by atoms with van der Waals surface area (Å²) >= 11 is 1.43. The van der Waals surface area contributed by atoms with Gasteiger partial charge in [-0.25, -0.2) is 4.98 Å². The van der Waals surface area contributed by atoms with Gasteiger partial charge in [0, 0.05) is 22.7 Å². The molecule has 0 atom stereocenters. The number of anilines is 1. The summed E-state index contributed by atoms with van der Waals surface area (Å²) < 4.78 is 11.3. The Bertz CT molecular complexity index is 1090. The Balaban J connectivity index is 1.61. The van der Waals surface area contributed by atoms with Gasteiger partial charge >= 0.3 is 0 Å². The molecule has 0 fully saturated rings. The average Bonchev–Trinajstić information content (AvgIpc) is 3.34. The van der Waals surface area contributed by atoms with E-state index in [-0.39, 0.29) is 18.1 Å². The number of aliphatic hydroxyl groups is 1. The van der Waals surface area contributed by atoms with Gasteiger partial charge in [-0.15, -0.1) is 11.3 Å². The van der Waals surface area contributed by atoms with E-state index < -0.39 is 0 Å². The molecule has 2 heterocycles. The zero-order valence-electron chi connectivity index (χ0n) is 16.9. The molecule has 2 aromatic carbocycles. The van der Waals surface area contributed by atoms with Crippen molar-refractivity contribution in [1.82, 2.24) is 4.98 Å². The standard InChI is InChI=1S/C23H23N3O3S/c1-3-28-19-11-10-16(12-20(19)29-4-2)26-13-18(27)21(22(26)24)23-25-17(14-30-23)15-8-6-5-7-9-15/h5-12,14,24,27H,3-4,13H2,1-2H3. The van der Waals surface area contributed by atoms with Crippen molar-refractivity contribution in [3.63, 3.8) is 0 Å². The fourth-order valence-corrected chi connectivity index (χ4v) is 4.26. The van der Waals surface area contributed by atoms with E-state index in [9.17, 15) is 5.11 Å². The molecule has 6 nitrogen and oxygen atoms in total. The van der Waals surface area contributed by atoms with Crippen LogP contribution in [0.25, 0.3) is 16.8 Å². The van der Waals surface area contributed by atoms with Crippen LogP contribution in [0.15, 0.2) is 59.7 Å². The number of nitrogens with one attached hydrogen (secondary N) is 1. The molecule has 1 aliphatic heterocycles. The van der Waals surface area contributed by atoms with E-state index in [1.54, 1.807) is 4.90 Å². The maximum Gasteiger partial charge on any atom is 0.163 e. The Morgan fingerprint density at radius 1 is 1.07 bits per heavy atom. The van der Waals surface area contributed by atoms with Crippen molar-refractivity contribution in [2.75, 3.05) is 24.7 Å². The maximum absolute atomic E-state index is 10.6. The van der Waals surface area contributed by atoms with E-state index in [0.29, 0.717) is 35.3 Å². The van der Waals surface area contributed by atoms with Crippen LogP contribution in [0.1, 0.15) is 18.9 Å². The lowest BCUT2D eigenvalue weighted by Crippen LogP contribution is -2.26. The van der Waals surface area contributed by atoms with Crippen molar-refractivity contribution >= 4 is 28.4 Å². The zero-order chi connectivity index (χ0) is 21.1. The van der Waals surface area contributed by atoms with E-state index in [1.165, 1.54) is 11.3 Å². The number of aliphatic hydroxyl groups excluding tert-OH is 1. The van der Waals surface area contributed by atoms with Crippen LogP contribution in [0.5, 0.6) is 11.5 Å². The molecule has 30 heavy (non-hydrogen) atoms. The van der Waals surface area contributed by atoms with Crippen LogP contribution in [-0.4, -0.2) is 35.7 Å². The third-order valence-electron chi connectivity index (χ3n) is 4.73. The van der Waals surface area contributed by atoms with Gasteiger partial charge in [-0.05, 0) is 26.0 Å². The largest absolute Gasteiger partial charge is 0.510 e. The molecule has 0 radical (unpaired) electrons. The van der Waals surface area contributed by atoms with Gasteiger partial charge in [-0.2, -0.15) is 0 Å². The number of benzene rings is 2. The first-order valence-electron chi connectivity index (χ1n) is 9.81. The maximum atomic E-state index is 10.6. The molecule has 3 aromatic rings. The molecule has 1 aliphatic rings. The molecular weight excluding hydrogens is 398 g/mol. The van der Waals surface area contributed by atoms with Crippen molar-refractivity contribution in [3.05, 3.63) is 64.7 Å². The summed E-state index contributed by atoms with van der Waals surface area (Å²) in [7, 11) is 0. The number of rotatable bonds is 7. The van der Waals surface area contributed by atoms with E-state index >= 15 is 0 Å². The van der Waals surface area contributed by atoms with Gasteiger partial charge in [0.25, 0.3) is 0 Å². The first-order chi connectivity index (χ1) is 14.6. The number of hydrogen-bond acceptors (Lipinski definition) is 6. The first kappa shape index (κ1) is 20.0. The van der Waals surface area contributed by atoms with E-state index in [0.717, 1.165) is 16.9 Å². The Morgan fingerprint density at radius 2 is 1.80 bits per heavy atom. The summed E-state index contributed by atoms with van der Waals surface area (Å²) in [5.41, 5.74) is 3.07. The second kappa shape index (κ2) is 8.59. The summed E-state index contributed by atoms with van der Waals surface area (Å²) in [6.45, 7) is 5.11. The number of ether oxygens (including phenoxy) is 2. The fourth-order valence-electron chi connectivity index (χ4n) is 3.36. The van der Waals surface area contributed by atoms with Gasteiger partial charge in [0.15, 0.2) is 11.5 Å². The van der Waals surface area contributed by atoms with Crippen LogP contribution < -0.4 is 14.4 Å². The molecule has 0 spiro atoms. The highest BCUT2D eigenvalue weighted by molar-refractivity contribution is 7.11. The van der Waals surface area contributed by atoms with Gasteiger partial charge < -0.3 is 19.5 Å². The van der Waals surface area contributed by atoms with Crippen LogP contribution >= 0.6 is 11.3 Å². The van der Waals surface area contributed by atoms with Crippen molar-refractivity contribution in [1.29, 1.82) is 5.41 Å². The first-order valence-corrected chi connectivity index (χ1v) is 10.7. The normalized spacial score (nSPS) is 13.8. The monoisotopic (exact) mass is 421 g/mol. The van der Waals surface area contributed by atoms with Crippen LogP contribution in [0.3, 0.4) is 0 Å². The molecule has 0 aliphatic carbocycles. The summed E-state index contributed by atoms with van der Waals surface area (Å²) in [5, 5.41) is 21.9. The molecule has 0 saturated carbocycles. The van der Waals surface area contributed by atoms with Crippen molar-refractivity contribution in [3.8, 4) is 22.8 Å². The Kier molecular flexibility index (Phi) is 5.72. The summed E-state index contributed by atoms with van der Waals surface area (Å²) in [4.78, 5) is 6.41. The van der Waals surface area contributed by atoms with Crippen LogP contribution in [0.2, 0.25) is 0 Å². The van der Waals surface area contributed by atoms with Crippen LogP contribution in [0, 0.1) is 5.41 Å². The molecular formula is C23H23N3O3S. The van der Waals surface area contributed by atoms with Gasteiger partial charge in [0.2, 0.25) is 0 Å². The second-order valence-corrected chi connectivity index (χ2v) is 7.52. The molecule has 2 N–H and O–H groups in total. The minimum absolute atomic E-state index is 0.140. The van der Waals surface area contributed by atoms with E-state index in [1.807, 2.05) is 67.8 Å². The van der Waals surface area contributed by atoms with Crippen molar-refractivity contribution in [2.45, 2.75) is 13.8 Å². The molecule has 0 saturated heterocycles. The van der Waals surface area contributed by atoms with Crippen molar-refractivity contribution in [2.24, 2.45) is 0 Å². The summed E-state index contributed by atoms with van der Waals surface area (Å²) in [6.07, 6.45) is 0. The molecule has 4 rings (SSSR count). The zero-order valence-corrected chi connectivity index (χ0v) is 17.7. The third kappa shape index (κ3) is 3.76. The highest BCUT2D eigenvalue weighted by Crippen LogP contribution is 2.37. The molecule has 1 aromatic heterocycles. The van der Waals surface area contributed by atoms with Gasteiger partial charge in [-0.1, -0.05) is 30.3 Å². The van der Waals surface area contributed by atoms with E-state index in [4.69, 9.17) is 14.9 Å². The fraction of sp³-hybridized carbons (Fsp3) is 0.217. The quantitative estimate of drug-likeness (QED) is 0.536. The smallest absolute Gasteiger partial charge is 0.163 e. The second-order valence-electron chi connectivity index (χ2n) is 6.66. The van der Waals surface area contributed by atoms with Crippen LogP contribution in [-0.2, 0) is 0 Å². The molecule has 7 heteroatoms. The summed E-state index contributed by atoms with van der Waals surface area (Å²) in [5.74, 6) is 1.64. The topological polar surface area (TPSA) is 78.7 Å². The Labute approximate surface area is 179 Å². The Morgan fingerprint density at radius 3 is 2.53 bits per heavy atom. The highest BCUT2D eigenvalue weighted by Gasteiger charge is 2.31. The number of hydrogen-bond donors (Lipinski definition) is 2. The van der Waals surface area contributed by atoms with Gasteiger partial charge in [-0.3, -0.25) is 5.41 Å². The van der Waals surface area contributed by atoms with E-state index in [2.05, 4.69) is 4.98 Å². The molecule has 0 unspecified atom stereocenters. The number of amidine groups is 1. The predicted octanol–water partition coefficient (Wildman–Crippen LogP) is 5.37. The molecule has 0 amide bonds. The number of thiazole rings is 1. The third-order valence-corrected chi connectivity index (χ3v) is 5.59. The van der Waals surface area contributed by atoms with Crippen molar-refractivity contribution < 1.29 is 14.6 Å². The summed E-state index contributed by atoms with van der Waals surface area (Å²) in [6, 6.07) is 15.4. The SMILES string of the molecule is CCOc1ccc(N2CC(O)=C(c3nc(-c4ccccc4)cs3)C2=N)cc1OCC.